The van der Waals surface area contributed by atoms with Crippen molar-refractivity contribution in [3.63, 3.8) is 0 Å². The number of oxazole rings is 1. The van der Waals surface area contributed by atoms with Gasteiger partial charge in [0.2, 0.25) is 11.8 Å². The molecule has 0 amide bonds. The summed E-state index contributed by atoms with van der Waals surface area (Å²) in [5, 5.41) is 9.39. The van der Waals surface area contributed by atoms with Crippen LogP contribution in [0, 0.1) is 13.8 Å². The Bertz CT molecular complexity index is 1070. The van der Waals surface area contributed by atoms with Crippen LogP contribution in [0.25, 0.3) is 22.8 Å². The molecule has 4 aromatic rings. The van der Waals surface area contributed by atoms with Gasteiger partial charge in [0.05, 0.1) is 11.9 Å². The Morgan fingerprint density at radius 3 is 2.48 bits per heavy atom. The smallest absolute Gasteiger partial charge is 0.277 e. The van der Waals surface area contributed by atoms with Crippen LogP contribution in [-0.4, -0.2) is 15.2 Å². The summed E-state index contributed by atoms with van der Waals surface area (Å²) in [6, 6.07) is 13.5. The number of nitrogens with zero attached hydrogens (tertiary/aromatic N) is 3. The number of halogens is 1. The van der Waals surface area contributed by atoms with Gasteiger partial charge in [-0.2, -0.15) is 0 Å². The third-order valence-electron chi connectivity index (χ3n) is 4.16. The van der Waals surface area contributed by atoms with Gasteiger partial charge in [-0.25, -0.2) is 4.98 Å². The van der Waals surface area contributed by atoms with E-state index in [0.717, 1.165) is 11.1 Å². The number of aryl methyl sites for hydroxylation is 2. The van der Waals surface area contributed by atoms with E-state index in [0.29, 0.717) is 33.5 Å². The number of rotatable bonds is 5. The molecular weight excluding hydrogens is 382 g/mol. The first-order valence-electron chi connectivity index (χ1n) is 8.33. The maximum absolute atomic E-state index is 5.91. The Balaban J connectivity index is 1.43. The van der Waals surface area contributed by atoms with E-state index in [-0.39, 0.29) is 0 Å². The molecule has 0 saturated heterocycles. The topological polar surface area (TPSA) is 65.0 Å². The molecular formula is C20H16ClN3O2S. The van der Waals surface area contributed by atoms with E-state index in [4.69, 9.17) is 20.4 Å². The molecule has 0 saturated carbocycles. The molecule has 136 valence electrons. The van der Waals surface area contributed by atoms with Crippen molar-refractivity contribution in [1.29, 1.82) is 0 Å². The minimum atomic E-state index is 0.481. The average molecular weight is 398 g/mol. The van der Waals surface area contributed by atoms with Crippen LogP contribution in [0.5, 0.6) is 0 Å². The Kier molecular flexibility index (Phi) is 5.01. The first kappa shape index (κ1) is 17.8. The highest BCUT2D eigenvalue weighted by Crippen LogP contribution is 2.28. The van der Waals surface area contributed by atoms with Gasteiger partial charge in [0, 0.05) is 16.1 Å². The molecule has 27 heavy (non-hydrogen) atoms. The van der Waals surface area contributed by atoms with Crippen LogP contribution in [0.2, 0.25) is 5.02 Å². The van der Waals surface area contributed by atoms with E-state index in [1.807, 2.05) is 42.5 Å². The molecule has 2 heterocycles. The fourth-order valence-electron chi connectivity index (χ4n) is 2.51. The molecule has 0 aliphatic heterocycles. The van der Waals surface area contributed by atoms with Gasteiger partial charge in [-0.1, -0.05) is 29.4 Å². The normalized spacial score (nSPS) is 11.1. The van der Waals surface area contributed by atoms with E-state index in [1.165, 1.54) is 22.9 Å². The summed E-state index contributed by atoms with van der Waals surface area (Å²) in [7, 11) is 0. The van der Waals surface area contributed by atoms with Gasteiger partial charge in [-0.05, 0) is 61.4 Å². The zero-order valence-electron chi connectivity index (χ0n) is 14.8. The van der Waals surface area contributed by atoms with Crippen LogP contribution in [-0.2, 0) is 5.75 Å². The molecule has 0 radical (unpaired) electrons. The highest BCUT2D eigenvalue weighted by Gasteiger charge is 2.12. The van der Waals surface area contributed by atoms with Crippen molar-refractivity contribution in [1.82, 2.24) is 15.2 Å². The number of hydrogen-bond acceptors (Lipinski definition) is 6. The summed E-state index contributed by atoms with van der Waals surface area (Å²) >= 11 is 7.30. The second kappa shape index (κ2) is 7.58. The van der Waals surface area contributed by atoms with Gasteiger partial charge in [-0.3, -0.25) is 0 Å². The second-order valence-electron chi connectivity index (χ2n) is 6.09. The maximum Gasteiger partial charge on any atom is 0.277 e. The highest BCUT2D eigenvalue weighted by atomic mass is 35.5. The number of hydrogen-bond donors (Lipinski definition) is 0. The van der Waals surface area contributed by atoms with Gasteiger partial charge >= 0.3 is 0 Å². The monoisotopic (exact) mass is 397 g/mol. The molecule has 4 rings (SSSR count). The van der Waals surface area contributed by atoms with Crippen molar-refractivity contribution in [2.24, 2.45) is 0 Å². The lowest BCUT2D eigenvalue weighted by Crippen LogP contribution is -1.83. The summed E-state index contributed by atoms with van der Waals surface area (Å²) in [5.74, 6) is 2.30. The first-order valence-corrected chi connectivity index (χ1v) is 9.69. The number of thioether (sulfide) groups is 1. The summed E-state index contributed by atoms with van der Waals surface area (Å²) < 4.78 is 11.5. The van der Waals surface area contributed by atoms with Crippen molar-refractivity contribution in [3.8, 4) is 22.8 Å². The molecule has 0 aliphatic rings. The zero-order valence-corrected chi connectivity index (χ0v) is 16.3. The fraction of sp³-hybridized carbons (Fsp3) is 0.150. The summed E-state index contributed by atoms with van der Waals surface area (Å²) in [5.41, 5.74) is 4.26. The molecule has 0 unspecified atom stereocenters. The quantitative estimate of drug-likeness (QED) is 0.387. The summed E-state index contributed by atoms with van der Waals surface area (Å²) in [6.45, 7) is 4.13. The van der Waals surface area contributed by atoms with Crippen LogP contribution < -0.4 is 0 Å². The third-order valence-corrected chi connectivity index (χ3v) is 5.22. The van der Waals surface area contributed by atoms with Crippen molar-refractivity contribution in [2.75, 3.05) is 0 Å². The summed E-state index contributed by atoms with van der Waals surface area (Å²) in [4.78, 5) is 4.31. The molecule has 2 aromatic carbocycles. The van der Waals surface area contributed by atoms with Gasteiger partial charge in [0.15, 0.2) is 5.76 Å². The molecule has 5 nitrogen and oxygen atoms in total. The second-order valence-corrected chi connectivity index (χ2v) is 7.45. The SMILES string of the molecule is Cc1ccc(-c2nnc(SCc3ncc(-c4ccc(Cl)cc4)o3)o2)cc1C. The fourth-order valence-corrected chi connectivity index (χ4v) is 3.25. The minimum absolute atomic E-state index is 0.481. The van der Waals surface area contributed by atoms with E-state index >= 15 is 0 Å². The van der Waals surface area contributed by atoms with Crippen molar-refractivity contribution >= 4 is 23.4 Å². The molecule has 0 atom stereocenters. The zero-order chi connectivity index (χ0) is 18.8. The lowest BCUT2D eigenvalue weighted by Gasteiger charge is -2.00. The molecule has 0 spiro atoms. The van der Waals surface area contributed by atoms with E-state index < -0.39 is 0 Å². The van der Waals surface area contributed by atoms with E-state index in [2.05, 4.69) is 29.0 Å². The average Bonchev–Trinajstić information content (AvgIpc) is 3.32. The third kappa shape index (κ3) is 4.07. The molecule has 0 bridgehead atoms. The maximum atomic E-state index is 5.91. The molecule has 0 fully saturated rings. The predicted molar refractivity (Wildman–Crippen MR) is 106 cm³/mol. The van der Waals surface area contributed by atoms with Crippen LogP contribution in [0.1, 0.15) is 17.0 Å². The largest absolute Gasteiger partial charge is 0.440 e. The Morgan fingerprint density at radius 2 is 1.70 bits per heavy atom. The Labute approximate surface area is 165 Å². The van der Waals surface area contributed by atoms with Crippen molar-refractivity contribution < 1.29 is 8.83 Å². The van der Waals surface area contributed by atoms with Crippen molar-refractivity contribution in [2.45, 2.75) is 24.8 Å². The molecule has 2 aromatic heterocycles. The van der Waals surface area contributed by atoms with Gasteiger partial charge in [0.1, 0.15) is 0 Å². The lowest BCUT2D eigenvalue weighted by molar-refractivity contribution is 0.464. The lowest BCUT2D eigenvalue weighted by atomic mass is 10.1. The van der Waals surface area contributed by atoms with E-state index in [9.17, 15) is 0 Å². The van der Waals surface area contributed by atoms with Gasteiger partial charge in [-0.15, -0.1) is 10.2 Å². The molecule has 0 aliphatic carbocycles. The standard InChI is InChI=1S/C20H16ClN3O2S/c1-12-3-4-15(9-13(12)2)19-23-24-20(26-19)27-11-18-22-10-17(25-18)14-5-7-16(21)8-6-14/h3-10H,11H2,1-2H3. The number of aromatic nitrogens is 3. The van der Waals surface area contributed by atoms with Crippen molar-refractivity contribution in [3.05, 3.63) is 70.7 Å². The highest BCUT2D eigenvalue weighted by molar-refractivity contribution is 7.98. The summed E-state index contributed by atoms with van der Waals surface area (Å²) in [6.07, 6.45) is 1.70. The molecule has 0 N–H and O–H groups in total. The van der Waals surface area contributed by atoms with Crippen LogP contribution in [0.3, 0.4) is 0 Å². The predicted octanol–water partition coefficient (Wildman–Crippen LogP) is 5.95. The van der Waals surface area contributed by atoms with Crippen LogP contribution in [0.15, 0.2) is 62.7 Å². The Hall–Kier alpha value is -2.57. The van der Waals surface area contributed by atoms with Gasteiger partial charge in [0.25, 0.3) is 5.22 Å². The first-order chi connectivity index (χ1) is 13.1. The van der Waals surface area contributed by atoms with E-state index in [1.54, 1.807) is 6.20 Å². The Morgan fingerprint density at radius 1 is 0.926 bits per heavy atom. The van der Waals surface area contributed by atoms with Crippen LogP contribution >= 0.6 is 23.4 Å². The van der Waals surface area contributed by atoms with Crippen LogP contribution in [0.4, 0.5) is 0 Å². The minimum Gasteiger partial charge on any atom is -0.440 e. The molecule has 7 heteroatoms. The van der Waals surface area contributed by atoms with Gasteiger partial charge < -0.3 is 8.83 Å². The number of benzene rings is 2.